The molecule has 1 unspecified atom stereocenters. The third kappa shape index (κ3) is 3.48. The van der Waals surface area contributed by atoms with Gasteiger partial charge in [-0.25, -0.2) is 9.67 Å². The second-order valence-electron chi connectivity index (χ2n) is 6.06. The zero-order valence-electron chi connectivity index (χ0n) is 12.7. The van der Waals surface area contributed by atoms with Gasteiger partial charge in [-0.1, -0.05) is 27.7 Å². The van der Waals surface area contributed by atoms with Gasteiger partial charge in [0.1, 0.15) is 12.2 Å². The molecule has 5 heteroatoms. The number of aliphatic hydroxyl groups is 1. The Bertz CT molecular complexity index is 542. The second kappa shape index (κ2) is 6.22. The molecule has 0 fully saturated rings. The molecular weight excluding hydrogens is 252 g/mol. The summed E-state index contributed by atoms with van der Waals surface area (Å²) in [5.41, 5.74) is 0.954. The second-order valence-corrected chi connectivity index (χ2v) is 6.06. The van der Waals surface area contributed by atoms with Crippen LogP contribution < -0.4 is 0 Å². The lowest BCUT2D eigenvalue weighted by Gasteiger charge is -2.12. The Morgan fingerprint density at radius 2 is 2.00 bits per heavy atom. The van der Waals surface area contributed by atoms with Gasteiger partial charge in [-0.15, -0.1) is 0 Å². The highest BCUT2D eigenvalue weighted by atomic mass is 16.3. The molecule has 0 spiro atoms. The summed E-state index contributed by atoms with van der Waals surface area (Å²) < 4.78 is 3.99. The summed E-state index contributed by atoms with van der Waals surface area (Å²) in [6.07, 6.45) is 5.16. The zero-order chi connectivity index (χ0) is 14.7. The molecule has 2 aromatic rings. The van der Waals surface area contributed by atoms with Gasteiger partial charge in [-0.3, -0.25) is 0 Å². The highest BCUT2D eigenvalue weighted by molar-refractivity contribution is 5.14. The van der Waals surface area contributed by atoms with Crippen molar-refractivity contribution in [3.8, 4) is 0 Å². The van der Waals surface area contributed by atoms with Crippen LogP contribution in [-0.2, 0) is 13.1 Å². The molecule has 1 atom stereocenters. The van der Waals surface area contributed by atoms with Crippen LogP contribution in [0.15, 0.2) is 24.8 Å². The first-order chi connectivity index (χ1) is 9.47. The molecular formula is C15H24N4O. The fourth-order valence-electron chi connectivity index (χ4n) is 2.19. The Morgan fingerprint density at radius 3 is 2.65 bits per heavy atom. The molecule has 0 saturated heterocycles. The predicted octanol–water partition coefficient (Wildman–Crippen LogP) is 2.47. The molecule has 2 heterocycles. The molecule has 2 rings (SSSR count). The van der Waals surface area contributed by atoms with Crippen LogP contribution in [0.3, 0.4) is 0 Å². The van der Waals surface area contributed by atoms with Crippen LogP contribution in [-0.4, -0.2) is 24.4 Å². The topological polar surface area (TPSA) is 55.9 Å². The van der Waals surface area contributed by atoms with E-state index in [4.69, 9.17) is 0 Å². The van der Waals surface area contributed by atoms with Gasteiger partial charge in [-0.2, -0.15) is 5.10 Å². The first kappa shape index (κ1) is 14.8. The fourth-order valence-corrected chi connectivity index (χ4v) is 2.19. The molecule has 2 aromatic heterocycles. The lowest BCUT2D eigenvalue weighted by Crippen LogP contribution is -2.12. The van der Waals surface area contributed by atoms with Crippen LogP contribution in [0, 0.1) is 11.8 Å². The SMILES string of the molecule is CC(C)Cn1ncnc1Cn1ccc(C(O)C(C)C)c1. The van der Waals surface area contributed by atoms with E-state index in [1.165, 1.54) is 0 Å². The normalized spacial score (nSPS) is 13.3. The Morgan fingerprint density at radius 1 is 1.25 bits per heavy atom. The van der Waals surface area contributed by atoms with E-state index in [9.17, 15) is 5.11 Å². The number of aliphatic hydroxyl groups excluding tert-OH is 1. The average Bonchev–Trinajstić information content (AvgIpc) is 2.98. The van der Waals surface area contributed by atoms with Crippen molar-refractivity contribution in [2.45, 2.75) is 46.9 Å². The van der Waals surface area contributed by atoms with E-state index in [-0.39, 0.29) is 5.92 Å². The van der Waals surface area contributed by atoms with Crippen molar-refractivity contribution in [1.29, 1.82) is 0 Å². The first-order valence-electron chi connectivity index (χ1n) is 7.17. The number of aromatic nitrogens is 4. The standard InChI is InChI=1S/C15H24N4O/c1-11(2)7-19-14(16-10-17-19)9-18-6-5-13(8-18)15(20)12(3)4/h5-6,8,10-12,15,20H,7,9H2,1-4H3. The van der Waals surface area contributed by atoms with E-state index in [0.717, 1.165) is 17.9 Å². The fraction of sp³-hybridized carbons (Fsp3) is 0.600. The van der Waals surface area contributed by atoms with Crippen molar-refractivity contribution >= 4 is 0 Å². The summed E-state index contributed by atoms with van der Waals surface area (Å²) in [7, 11) is 0. The molecule has 0 saturated carbocycles. The van der Waals surface area contributed by atoms with Gasteiger partial charge in [-0.05, 0) is 23.5 Å². The van der Waals surface area contributed by atoms with Gasteiger partial charge in [0.25, 0.3) is 0 Å². The van der Waals surface area contributed by atoms with Crippen LogP contribution in [0.2, 0.25) is 0 Å². The Balaban J connectivity index is 2.09. The molecule has 20 heavy (non-hydrogen) atoms. The maximum absolute atomic E-state index is 10.1. The molecule has 0 amide bonds. The smallest absolute Gasteiger partial charge is 0.146 e. The Labute approximate surface area is 120 Å². The van der Waals surface area contributed by atoms with Crippen LogP contribution in [0.4, 0.5) is 0 Å². The van der Waals surface area contributed by atoms with Gasteiger partial charge in [0, 0.05) is 18.9 Å². The molecule has 0 aliphatic carbocycles. The van der Waals surface area contributed by atoms with Crippen molar-refractivity contribution < 1.29 is 5.11 Å². The highest BCUT2D eigenvalue weighted by Crippen LogP contribution is 2.21. The maximum atomic E-state index is 10.1. The van der Waals surface area contributed by atoms with Crippen LogP contribution >= 0.6 is 0 Å². The molecule has 0 radical (unpaired) electrons. The largest absolute Gasteiger partial charge is 0.388 e. The molecule has 0 aliphatic heterocycles. The van der Waals surface area contributed by atoms with E-state index >= 15 is 0 Å². The lowest BCUT2D eigenvalue weighted by molar-refractivity contribution is 0.127. The zero-order valence-corrected chi connectivity index (χ0v) is 12.7. The lowest BCUT2D eigenvalue weighted by atomic mass is 10.0. The van der Waals surface area contributed by atoms with E-state index in [1.807, 2.05) is 41.6 Å². The molecule has 5 nitrogen and oxygen atoms in total. The van der Waals surface area contributed by atoms with Gasteiger partial charge < -0.3 is 9.67 Å². The summed E-state index contributed by atoms with van der Waals surface area (Å²) >= 11 is 0. The van der Waals surface area contributed by atoms with E-state index < -0.39 is 6.10 Å². The van der Waals surface area contributed by atoms with Crippen molar-refractivity contribution in [3.63, 3.8) is 0 Å². The highest BCUT2D eigenvalue weighted by Gasteiger charge is 2.14. The minimum absolute atomic E-state index is 0.218. The summed E-state index contributed by atoms with van der Waals surface area (Å²) in [5.74, 6) is 1.70. The monoisotopic (exact) mass is 276 g/mol. The quantitative estimate of drug-likeness (QED) is 0.882. The van der Waals surface area contributed by atoms with Crippen LogP contribution in [0.1, 0.15) is 45.2 Å². The minimum atomic E-state index is -0.412. The third-order valence-corrected chi connectivity index (χ3v) is 3.30. The van der Waals surface area contributed by atoms with Crippen LogP contribution in [0.25, 0.3) is 0 Å². The number of nitrogens with zero attached hydrogens (tertiary/aromatic N) is 4. The van der Waals surface area contributed by atoms with Gasteiger partial charge in [0.2, 0.25) is 0 Å². The van der Waals surface area contributed by atoms with Crippen LogP contribution in [0.5, 0.6) is 0 Å². The maximum Gasteiger partial charge on any atom is 0.146 e. The average molecular weight is 276 g/mol. The predicted molar refractivity (Wildman–Crippen MR) is 78.2 cm³/mol. The Hall–Kier alpha value is -1.62. The van der Waals surface area contributed by atoms with Crippen molar-refractivity contribution in [2.75, 3.05) is 0 Å². The molecule has 0 bridgehead atoms. The molecule has 110 valence electrons. The summed E-state index contributed by atoms with van der Waals surface area (Å²) in [6, 6.07) is 1.97. The van der Waals surface area contributed by atoms with Crippen molar-refractivity contribution in [2.24, 2.45) is 11.8 Å². The number of hydrogen-bond donors (Lipinski definition) is 1. The van der Waals surface area contributed by atoms with E-state index in [2.05, 4.69) is 23.9 Å². The van der Waals surface area contributed by atoms with E-state index in [1.54, 1.807) is 6.33 Å². The number of rotatable bonds is 6. The van der Waals surface area contributed by atoms with Crippen molar-refractivity contribution in [1.82, 2.24) is 19.3 Å². The van der Waals surface area contributed by atoms with Gasteiger partial charge in [0.15, 0.2) is 0 Å². The minimum Gasteiger partial charge on any atom is -0.388 e. The Kier molecular flexibility index (Phi) is 4.60. The first-order valence-corrected chi connectivity index (χ1v) is 7.17. The molecule has 1 N–H and O–H groups in total. The summed E-state index contributed by atoms with van der Waals surface area (Å²) in [4.78, 5) is 4.32. The van der Waals surface area contributed by atoms with Gasteiger partial charge in [0.05, 0.1) is 12.6 Å². The summed E-state index contributed by atoms with van der Waals surface area (Å²) in [5, 5.41) is 14.3. The third-order valence-electron chi connectivity index (χ3n) is 3.30. The van der Waals surface area contributed by atoms with Crippen molar-refractivity contribution in [3.05, 3.63) is 36.2 Å². The number of hydrogen-bond acceptors (Lipinski definition) is 3. The molecule has 0 aromatic carbocycles. The van der Waals surface area contributed by atoms with E-state index in [0.29, 0.717) is 12.5 Å². The molecule has 0 aliphatic rings. The summed E-state index contributed by atoms with van der Waals surface area (Å²) in [6.45, 7) is 9.91. The van der Waals surface area contributed by atoms with Gasteiger partial charge >= 0.3 is 0 Å².